The lowest BCUT2D eigenvalue weighted by Gasteiger charge is -2.10. The van der Waals surface area contributed by atoms with Gasteiger partial charge in [-0.05, 0) is 55.5 Å². The maximum absolute atomic E-state index is 13.0. The molecule has 0 saturated carbocycles. The smallest absolute Gasteiger partial charge is 0.263 e. The van der Waals surface area contributed by atoms with Crippen LogP contribution in [0.25, 0.3) is 0 Å². The zero-order valence-corrected chi connectivity index (χ0v) is 15.7. The van der Waals surface area contributed by atoms with E-state index >= 15 is 0 Å². The minimum atomic E-state index is -0.639. The molecule has 2 aromatic heterocycles. The molecule has 2 heterocycles. The Morgan fingerprint density at radius 3 is 2.55 bits per heavy atom. The van der Waals surface area contributed by atoms with Crippen molar-refractivity contribution in [1.82, 2.24) is 14.9 Å². The van der Waals surface area contributed by atoms with Gasteiger partial charge in [-0.15, -0.1) is 0 Å². The Morgan fingerprint density at radius 1 is 1.07 bits per heavy atom. The highest BCUT2D eigenvalue weighted by atomic mass is 19.1. The van der Waals surface area contributed by atoms with Gasteiger partial charge in [-0.1, -0.05) is 6.07 Å². The number of amides is 2. The number of carbonyl (C=O) groups is 2. The van der Waals surface area contributed by atoms with E-state index in [1.807, 2.05) is 19.1 Å². The number of anilines is 1. The zero-order chi connectivity index (χ0) is 20.8. The van der Waals surface area contributed by atoms with Crippen LogP contribution >= 0.6 is 0 Å². The van der Waals surface area contributed by atoms with Gasteiger partial charge < -0.3 is 15.2 Å². The van der Waals surface area contributed by atoms with Crippen LogP contribution in [0.4, 0.5) is 10.1 Å². The first-order chi connectivity index (χ1) is 13.9. The van der Waals surface area contributed by atoms with Gasteiger partial charge in [-0.2, -0.15) is 0 Å². The average Bonchev–Trinajstić information content (AvgIpc) is 2.70. The van der Waals surface area contributed by atoms with Gasteiger partial charge in [0.15, 0.2) is 0 Å². The largest absolute Gasteiger partial charge is 0.349 e. The van der Waals surface area contributed by atoms with Gasteiger partial charge in [-0.3, -0.25) is 19.4 Å². The number of aryl methyl sites for hydroxylation is 1. The van der Waals surface area contributed by atoms with Gasteiger partial charge in [-0.25, -0.2) is 4.39 Å². The Bertz CT molecular complexity index is 1090. The summed E-state index contributed by atoms with van der Waals surface area (Å²) in [7, 11) is 0. The van der Waals surface area contributed by atoms with Crippen molar-refractivity contribution >= 4 is 17.5 Å². The Labute approximate surface area is 166 Å². The molecule has 2 N–H and O–H groups in total. The summed E-state index contributed by atoms with van der Waals surface area (Å²) in [6.07, 6.45) is 1.43. The molecule has 0 radical (unpaired) electrons. The van der Waals surface area contributed by atoms with Gasteiger partial charge in [0.25, 0.3) is 11.5 Å². The molecule has 0 fully saturated rings. The van der Waals surface area contributed by atoms with Crippen molar-refractivity contribution in [2.75, 3.05) is 5.32 Å². The van der Waals surface area contributed by atoms with Crippen LogP contribution in [-0.2, 0) is 17.9 Å². The Balaban J connectivity index is 1.66. The molecular formula is C21H19FN4O3. The summed E-state index contributed by atoms with van der Waals surface area (Å²) in [4.78, 5) is 41.4. The molecule has 8 heteroatoms. The van der Waals surface area contributed by atoms with E-state index in [9.17, 15) is 18.8 Å². The highest BCUT2D eigenvalue weighted by Crippen LogP contribution is 2.09. The lowest BCUT2D eigenvalue weighted by Crippen LogP contribution is -2.34. The van der Waals surface area contributed by atoms with E-state index in [1.54, 1.807) is 6.07 Å². The second kappa shape index (κ2) is 8.92. The maximum Gasteiger partial charge on any atom is 0.263 e. The topological polar surface area (TPSA) is 93.1 Å². The first-order valence-electron chi connectivity index (χ1n) is 8.88. The number of carbonyl (C=O) groups excluding carboxylic acids is 2. The molecule has 0 bridgehead atoms. The predicted octanol–water partition coefficient (Wildman–Crippen LogP) is 2.26. The Kier molecular flexibility index (Phi) is 6.13. The van der Waals surface area contributed by atoms with Crippen LogP contribution in [0, 0.1) is 12.7 Å². The fourth-order valence-corrected chi connectivity index (χ4v) is 2.66. The summed E-state index contributed by atoms with van der Waals surface area (Å²) in [5.74, 6) is -1.45. The molecule has 2 amide bonds. The Morgan fingerprint density at radius 2 is 1.83 bits per heavy atom. The van der Waals surface area contributed by atoms with Crippen molar-refractivity contribution < 1.29 is 14.0 Å². The third kappa shape index (κ3) is 5.35. The minimum Gasteiger partial charge on any atom is -0.349 e. The number of benzene rings is 1. The van der Waals surface area contributed by atoms with Gasteiger partial charge in [0.05, 0.1) is 12.2 Å². The normalized spacial score (nSPS) is 10.4. The molecule has 3 aromatic rings. The number of halogens is 1. The van der Waals surface area contributed by atoms with E-state index in [1.165, 1.54) is 42.6 Å². The molecule has 0 spiro atoms. The van der Waals surface area contributed by atoms with Crippen LogP contribution in [0.1, 0.15) is 21.7 Å². The van der Waals surface area contributed by atoms with Crippen molar-refractivity contribution in [2.24, 2.45) is 0 Å². The van der Waals surface area contributed by atoms with E-state index in [4.69, 9.17) is 0 Å². The number of hydrogen-bond acceptors (Lipinski definition) is 4. The summed E-state index contributed by atoms with van der Waals surface area (Å²) in [6.45, 7) is 1.86. The van der Waals surface area contributed by atoms with Gasteiger partial charge >= 0.3 is 0 Å². The first kappa shape index (κ1) is 19.9. The predicted molar refractivity (Wildman–Crippen MR) is 106 cm³/mol. The van der Waals surface area contributed by atoms with Gasteiger partial charge in [0, 0.05) is 17.6 Å². The number of nitrogens with one attached hydrogen (secondary N) is 2. The van der Waals surface area contributed by atoms with Crippen LogP contribution < -0.4 is 16.2 Å². The summed E-state index contributed by atoms with van der Waals surface area (Å²) < 4.78 is 14.1. The highest BCUT2D eigenvalue weighted by molar-refractivity contribution is 6.04. The molecule has 7 nitrogen and oxygen atoms in total. The third-order valence-corrected chi connectivity index (χ3v) is 4.09. The quantitative estimate of drug-likeness (QED) is 0.671. The summed E-state index contributed by atoms with van der Waals surface area (Å²) in [5.41, 5.74) is 1.18. The molecule has 0 saturated heterocycles. The summed E-state index contributed by atoms with van der Waals surface area (Å²) in [5, 5.41) is 5.23. The fraction of sp³-hybridized carbons (Fsp3) is 0.143. The average molecular weight is 394 g/mol. The van der Waals surface area contributed by atoms with Crippen molar-refractivity contribution in [3.63, 3.8) is 0 Å². The monoisotopic (exact) mass is 394 g/mol. The standard InChI is InChI=1S/C21H19FN4O3/c1-14-4-2-5-17(24-14)12-23-19(27)13-26-11-3-6-18(21(26)29)20(28)25-16-9-7-15(22)8-10-16/h2-11H,12-13H2,1H3,(H,23,27)(H,25,28). The van der Waals surface area contributed by atoms with E-state index in [0.717, 1.165) is 10.3 Å². The fourth-order valence-electron chi connectivity index (χ4n) is 2.66. The summed E-state index contributed by atoms with van der Waals surface area (Å²) in [6, 6.07) is 13.6. The van der Waals surface area contributed by atoms with Crippen molar-refractivity contribution in [2.45, 2.75) is 20.0 Å². The lowest BCUT2D eigenvalue weighted by atomic mass is 10.2. The molecular weight excluding hydrogens is 375 g/mol. The van der Waals surface area contributed by atoms with Crippen LogP contribution in [0.2, 0.25) is 0 Å². The van der Waals surface area contributed by atoms with E-state index in [-0.39, 0.29) is 24.6 Å². The molecule has 0 aliphatic heterocycles. The molecule has 0 unspecified atom stereocenters. The van der Waals surface area contributed by atoms with Crippen LogP contribution in [0.5, 0.6) is 0 Å². The SMILES string of the molecule is Cc1cccc(CNC(=O)Cn2cccc(C(=O)Nc3ccc(F)cc3)c2=O)n1. The van der Waals surface area contributed by atoms with Crippen LogP contribution in [-0.4, -0.2) is 21.4 Å². The maximum atomic E-state index is 13.0. The number of aromatic nitrogens is 2. The molecule has 148 valence electrons. The van der Waals surface area contributed by atoms with Crippen molar-refractivity contribution in [3.8, 4) is 0 Å². The molecule has 1 aromatic carbocycles. The van der Waals surface area contributed by atoms with Gasteiger partial charge in [0.1, 0.15) is 17.9 Å². The molecule has 0 aliphatic rings. The van der Waals surface area contributed by atoms with Crippen LogP contribution in [0.3, 0.4) is 0 Å². The number of rotatable bonds is 6. The minimum absolute atomic E-state index is 0.120. The molecule has 29 heavy (non-hydrogen) atoms. The molecule has 0 atom stereocenters. The van der Waals surface area contributed by atoms with Crippen LogP contribution in [0.15, 0.2) is 65.6 Å². The highest BCUT2D eigenvalue weighted by Gasteiger charge is 2.14. The lowest BCUT2D eigenvalue weighted by molar-refractivity contribution is -0.121. The van der Waals surface area contributed by atoms with E-state index in [0.29, 0.717) is 11.4 Å². The summed E-state index contributed by atoms with van der Waals surface area (Å²) >= 11 is 0. The van der Waals surface area contributed by atoms with E-state index in [2.05, 4.69) is 15.6 Å². The third-order valence-electron chi connectivity index (χ3n) is 4.09. The second-order valence-electron chi connectivity index (χ2n) is 6.36. The van der Waals surface area contributed by atoms with Crippen molar-refractivity contribution in [1.29, 1.82) is 0 Å². The number of nitrogens with zero attached hydrogens (tertiary/aromatic N) is 2. The first-order valence-corrected chi connectivity index (χ1v) is 8.88. The van der Waals surface area contributed by atoms with Crippen molar-refractivity contribution in [3.05, 3.63) is 93.9 Å². The molecule has 3 rings (SSSR count). The Hall–Kier alpha value is -3.81. The second-order valence-corrected chi connectivity index (χ2v) is 6.36. The molecule has 0 aliphatic carbocycles. The van der Waals surface area contributed by atoms with Gasteiger partial charge in [0.2, 0.25) is 5.91 Å². The number of hydrogen-bond donors (Lipinski definition) is 2. The van der Waals surface area contributed by atoms with E-state index < -0.39 is 17.3 Å². The zero-order valence-electron chi connectivity index (χ0n) is 15.7. The number of pyridine rings is 2.